The van der Waals surface area contributed by atoms with Crippen molar-refractivity contribution in [1.29, 1.82) is 0 Å². The van der Waals surface area contributed by atoms with E-state index in [9.17, 15) is 14.0 Å². The van der Waals surface area contributed by atoms with Crippen molar-refractivity contribution in [3.8, 4) is 11.1 Å². The Morgan fingerprint density at radius 3 is 2.67 bits per heavy atom. The van der Waals surface area contributed by atoms with Crippen LogP contribution in [-0.2, 0) is 0 Å². The summed E-state index contributed by atoms with van der Waals surface area (Å²) in [6, 6.07) is 17.8. The number of imidazole rings is 1. The second kappa shape index (κ2) is 8.62. The van der Waals surface area contributed by atoms with Crippen molar-refractivity contribution in [1.82, 2.24) is 14.3 Å². The average Bonchev–Trinajstić information content (AvgIpc) is 3.27. The smallest absolute Gasteiger partial charge is 0.274 e. The third kappa shape index (κ3) is 4.16. The molecule has 1 fully saturated rings. The van der Waals surface area contributed by atoms with Gasteiger partial charge in [-0.25, -0.2) is 9.37 Å². The summed E-state index contributed by atoms with van der Waals surface area (Å²) in [4.78, 5) is 32.4. The lowest BCUT2D eigenvalue weighted by atomic mass is 9.89. The number of hydrogen-bond donors (Lipinski definition) is 0. The maximum absolute atomic E-state index is 14.8. The zero-order chi connectivity index (χ0) is 22.9. The predicted octanol–water partition coefficient (Wildman–Crippen LogP) is 5.18. The van der Waals surface area contributed by atoms with E-state index < -0.39 is 5.82 Å². The van der Waals surface area contributed by atoms with Crippen LogP contribution in [-0.4, -0.2) is 39.1 Å². The summed E-state index contributed by atoms with van der Waals surface area (Å²) >= 11 is 0. The number of carbonyl (C=O) groups excluding carboxylic acids is 2. The maximum atomic E-state index is 14.8. The Kier molecular flexibility index (Phi) is 5.50. The number of benzene rings is 2. The minimum absolute atomic E-state index is 0.128. The highest BCUT2D eigenvalue weighted by Crippen LogP contribution is 2.27. The summed E-state index contributed by atoms with van der Waals surface area (Å²) in [7, 11) is 0. The van der Waals surface area contributed by atoms with Gasteiger partial charge in [-0.05, 0) is 49.1 Å². The van der Waals surface area contributed by atoms with Crippen molar-refractivity contribution < 1.29 is 14.0 Å². The first-order valence-electron chi connectivity index (χ1n) is 11.1. The molecule has 5 rings (SSSR count). The number of amides is 1. The quantitative estimate of drug-likeness (QED) is 0.410. The van der Waals surface area contributed by atoms with Crippen molar-refractivity contribution in [2.45, 2.75) is 19.8 Å². The monoisotopic (exact) mass is 441 g/mol. The highest BCUT2D eigenvalue weighted by Gasteiger charge is 2.30. The normalized spacial score (nSPS) is 16.2. The van der Waals surface area contributed by atoms with Crippen LogP contribution in [0, 0.1) is 18.7 Å². The van der Waals surface area contributed by atoms with Gasteiger partial charge in [0.05, 0.1) is 0 Å². The van der Waals surface area contributed by atoms with Crippen LogP contribution >= 0.6 is 0 Å². The summed E-state index contributed by atoms with van der Waals surface area (Å²) in [5.74, 6) is -1.09. The van der Waals surface area contributed by atoms with E-state index in [1.165, 1.54) is 6.07 Å². The van der Waals surface area contributed by atoms with Crippen molar-refractivity contribution in [2.75, 3.05) is 13.1 Å². The van der Waals surface area contributed by atoms with Crippen LogP contribution < -0.4 is 0 Å². The Labute approximate surface area is 191 Å². The lowest BCUT2D eigenvalue weighted by Gasteiger charge is -2.31. The minimum atomic E-state index is -0.421. The van der Waals surface area contributed by atoms with Crippen LogP contribution in [0.5, 0.6) is 0 Å². The van der Waals surface area contributed by atoms with Gasteiger partial charge in [-0.1, -0.05) is 42.5 Å². The van der Waals surface area contributed by atoms with Crippen LogP contribution in [0.4, 0.5) is 4.39 Å². The number of nitrogens with zero attached hydrogens (tertiary/aromatic N) is 3. The number of fused-ring (bicyclic) bond motifs is 1. The maximum Gasteiger partial charge on any atom is 0.274 e. The van der Waals surface area contributed by atoms with Gasteiger partial charge in [-0.2, -0.15) is 0 Å². The molecule has 0 aliphatic carbocycles. The second-order valence-corrected chi connectivity index (χ2v) is 8.61. The molecule has 166 valence electrons. The van der Waals surface area contributed by atoms with Crippen LogP contribution in [0.1, 0.15) is 39.3 Å². The molecule has 0 spiro atoms. The number of halogens is 1. The zero-order valence-corrected chi connectivity index (χ0v) is 18.4. The SMILES string of the molecule is Cc1ccn2cc(C(=O)N3CCCC(C(=O)c4ccc(-c5ccccc5)c(F)c4)C3)nc2c1. The molecule has 0 radical (unpaired) electrons. The van der Waals surface area contributed by atoms with Gasteiger partial charge in [-0.3, -0.25) is 9.59 Å². The van der Waals surface area contributed by atoms with E-state index in [-0.39, 0.29) is 17.6 Å². The molecule has 2 aromatic heterocycles. The molecule has 1 aliphatic heterocycles. The Morgan fingerprint density at radius 2 is 1.88 bits per heavy atom. The largest absolute Gasteiger partial charge is 0.337 e. The predicted molar refractivity (Wildman–Crippen MR) is 125 cm³/mol. The van der Waals surface area contributed by atoms with Crippen molar-refractivity contribution in [2.24, 2.45) is 5.92 Å². The summed E-state index contributed by atoms with van der Waals surface area (Å²) in [5.41, 5.74) is 3.74. The molecule has 3 heterocycles. The molecule has 1 saturated heterocycles. The van der Waals surface area contributed by atoms with Gasteiger partial charge in [0.2, 0.25) is 0 Å². The molecule has 1 atom stereocenters. The van der Waals surface area contributed by atoms with E-state index in [4.69, 9.17) is 0 Å². The number of hydrogen-bond acceptors (Lipinski definition) is 3. The van der Waals surface area contributed by atoms with Crippen LogP contribution in [0.15, 0.2) is 73.1 Å². The van der Waals surface area contributed by atoms with Crippen LogP contribution in [0.3, 0.4) is 0 Å². The Balaban J connectivity index is 1.33. The fraction of sp³-hybridized carbons (Fsp3) is 0.222. The first kappa shape index (κ1) is 21.1. The number of rotatable bonds is 4. The van der Waals surface area contributed by atoms with Gasteiger partial charge in [0, 0.05) is 42.5 Å². The highest BCUT2D eigenvalue weighted by atomic mass is 19.1. The zero-order valence-electron chi connectivity index (χ0n) is 18.4. The van der Waals surface area contributed by atoms with E-state index in [1.54, 1.807) is 23.2 Å². The van der Waals surface area contributed by atoms with E-state index >= 15 is 0 Å². The van der Waals surface area contributed by atoms with E-state index in [1.807, 2.05) is 60.0 Å². The van der Waals surface area contributed by atoms with Gasteiger partial charge >= 0.3 is 0 Å². The summed E-state index contributed by atoms with van der Waals surface area (Å²) in [6.07, 6.45) is 5.00. The highest BCUT2D eigenvalue weighted by molar-refractivity contribution is 5.99. The van der Waals surface area contributed by atoms with E-state index in [0.717, 1.165) is 23.2 Å². The molecule has 1 unspecified atom stereocenters. The summed E-state index contributed by atoms with van der Waals surface area (Å²) in [6.45, 7) is 2.87. The van der Waals surface area contributed by atoms with Gasteiger partial charge in [0.15, 0.2) is 5.78 Å². The number of likely N-dealkylation sites (tertiary alicyclic amines) is 1. The first-order valence-corrected chi connectivity index (χ1v) is 11.1. The molecule has 0 bridgehead atoms. The van der Waals surface area contributed by atoms with Crippen LogP contribution in [0.2, 0.25) is 0 Å². The number of Topliss-reactive ketones (excluding diaryl/α,β-unsaturated/α-hetero) is 1. The lowest BCUT2D eigenvalue weighted by Crippen LogP contribution is -2.42. The topological polar surface area (TPSA) is 54.7 Å². The number of aromatic nitrogens is 2. The standard InChI is InChI=1S/C27H24FN3O2/c1-18-11-13-30-17-24(29-25(30)14-18)27(33)31-12-5-8-21(16-31)26(32)20-9-10-22(23(28)15-20)19-6-3-2-4-7-19/h2-4,6-7,9-11,13-15,17,21H,5,8,12,16H2,1H3. The molecule has 0 N–H and O–H groups in total. The number of aryl methyl sites for hydroxylation is 1. The molecule has 0 saturated carbocycles. The molecule has 33 heavy (non-hydrogen) atoms. The fourth-order valence-corrected chi connectivity index (χ4v) is 4.48. The Bertz CT molecular complexity index is 1350. The third-order valence-electron chi connectivity index (χ3n) is 6.25. The Morgan fingerprint density at radius 1 is 1.06 bits per heavy atom. The van der Waals surface area contributed by atoms with E-state index in [0.29, 0.717) is 36.3 Å². The third-order valence-corrected chi connectivity index (χ3v) is 6.25. The van der Waals surface area contributed by atoms with E-state index in [2.05, 4.69) is 4.98 Å². The van der Waals surface area contributed by atoms with Crippen molar-refractivity contribution in [3.63, 3.8) is 0 Å². The van der Waals surface area contributed by atoms with Crippen molar-refractivity contribution in [3.05, 3.63) is 95.7 Å². The summed E-state index contributed by atoms with van der Waals surface area (Å²) < 4.78 is 16.6. The number of pyridine rings is 1. The molecular weight excluding hydrogens is 417 g/mol. The number of piperidine rings is 1. The molecular formula is C27H24FN3O2. The van der Waals surface area contributed by atoms with Gasteiger partial charge in [0.1, 0.15) is 17.2 Å². The fourth-order valence-electron chi connectivity index (χ4n) is 4.48. The van der Waals surface area contributed by atoms with Crippen molar-refractivity contribution >= 4 is 17.3 Å². The minimum Gasteiger partial charge on any atom is -0.337 e. The molecule has 2 aromatic carbocycles. The number of ketones is 1. The summed E-state index contributed by atoms with van der Waals surface area (Å²) in [5, 5.41) is 0. The lowest BCUT2D eigenvalue weighted by molar-refractivity contribution is 0.0632. The molecule has 6 heteroatoms. The molecule has 1 aliphatic rings. The van der Waals surface area contributed by atoms with Crippen LogP contribution in [0.25, 0.3) is 16.8 Å². The van der Waals surface area contributed by atoms with Gasteiger partial charge in [-0.15, -0.1) is 0 Å². The number of carbonyl (C=O) groups is 2. The first-order chi connectivity index (χ1) is 16.0. The average molecular weight is 442 g/mol. The molecule has 1 amide bonds. The molecule has 4 aromatic rings. The molecule has 5 nitrogen and oxygen atoms in total. The van der Waals surface area contributed by atoms with Gasteiger partial charge in [0.25, 0.3) is 5.91 Å². The Hall–Kier alpha value is -3.80. The second-order valence-electron chi connectivity index (χ2n) is 8.61. The van der Waals surface area contributed by atoms with Gasteiger partial charge < -0.3 is 9.30 Å².